The summed E-state index contributed by atoms with van der Waals surface area (Å²) in [7, 11) is 0. The van der Waals surface area contributed by atoms with Gasteiger partial charge in [-0.15, -0.1) is 0 Å². The maximum atomic E-state index is 9.59. The Balaban J connectivity index is 2.19. The number of hydrogen-bond donors (Lipinski definition) is 3. The molecule has 2 atom stereocenters. The Kier molecular flexibility index (Phi) is 3.14. The van der Waals surface area contributed by atoms with Gasteiger partial charge in [0.1, 0.15) is 0 Å². The predicted molar refractivity (Wildman–Crippen MR) is 62.7 cm³/mol. The second-order valence-corrected chi connectivity index (χ2v) is 4.38. The maximum Gasteiger partial charge on any atom is 0.0689 e. The molecule has 0 aromatic heterocycles. The van der Waals surface area contributed by atoms with Gasteiger partial charge in [0, 0.05) is 18.8 Å². The molecule has 4 heteroatoms. The van der Waals surface area contributed by atoms with E-state index in [0.717, 1.165) is 17.8 Å². The van der Waals surface area contributed by atoms with Crippen molar-refractivity contribution in [2.75, 3.05) is 12.3 Å². The lowest BCUT2D eigenvalue weighted by Crippen LogP contribution is -2.41. The molecule has 4 N–H and O–H groups in total. The fourth-order valence-corrected chi connectivity index (χ4v) is 2.28. The number of aliphatic hydroxyl groups is 2. The summed E-state index contributed by atoms with van der Waals surface area (Å²) in [5, 5.41) is 18.9. The number of nitrogen functional groups attached to an aromatic ring is 1. The van der Waals surface area contributed by atoms with Crippen molar-refractivity contribution in [2.24, 2.45) is 0 Å². The quantitative estimate of drug-likeness (QED) is 0.644. The van der Waals surface area contributed by atoms with E-state index in [1.165, 1.54) is 5.56 Å². The zero-order chi connectivity index (χ0) is 11.7. The number of nitrogens with two attached hydrogens (primary N) is 1. The number of fused-ring (bicyclic) bond motifs is 1. The number of hydrogen-bond acceptors (Lipinski definition) is 4. The van der Waals surface area contributed by atoms with Gasteiger partial charge in [0.2, 0.25) is 0 Å². The van der Waals surface area contributed by atoms with Gasteiger partial charge in [0.15, 0.2) is 0 Å². The molecule has 0 fully saturated rings. The third-order valence-electron chi connectivity index (χ3n) is 3.26. The highest BCUT2D eigenvalue weighted by atomic mass is 16.3. The van der Waals surface area contributed by atoms with Crippen molar-refractivity contribution in [3.8, 4) is 0 Å². The number of nitrogens with zero attached hydrogens (tertiary/aromatic N) is 1. The van der Waals surface area contributed by atoms with Crippen LogP contribution in [0.5, 0.6) is 0 Å². The standard InChI is InChI=1S/C12H18N2O2/c1-8(16)12(7-15)14-5-9-3-2-4-11(13)10(9)6-14/h2-4,8,12,15-16H,5-7,13H2,1H3. The minimum Gasteiger partial charge on any atom is -0.398 e. The molecule has 1 aliphatic rings. The topological polar surface area (TPSA) is 69.7 Å². The van der Waals surface area contributed by atoms with Crippen molar-refractivity contribution < 1.29 is 10.2 Å². The largest absolute Gasteiger partial charge is 0.398 e. The fourth-order valence-electron chi connectivity index (χ4n) is 2.28. The molecule has 0 bridgehead atoms. The lowest BCUT2D eigenvalue weighted by molar-refractivity contribution is 0.0232. The molecule has 0 saturated heterocycles. The van der Waals surface area contributed by atoms with Crippen molar-refractivity contribution in [2.45, 2.75) is 32.2 Å². The highest BCUT2D eigenvalue weighted by molar-refractivity contribution is 5.52. The number of aliphatic hydroxyl groups excluding tert-OH is 2. The Bertz CT molecular complexity index is 379. The summed E-state index contributed by atoms with van der Waals surface area (Å²) in [6.45, 7) is 3.12. The highest BCUT2D eigenvalue weighted by Gasteiger charge is 2.29. The van der Waals surface area contributed by atoms with Crippen LogP contribution in [0.4, 0.5) is 5.69 Å². The first-order chi connectivity index (χ1) is 7.63. The summed E-state index contributed by atoms with van der Waals surface area (Å²) in [4.78, 5) is 2.06. The Hall–Kier alpha value is -1.10. The average molecular weight is 222 g/mol. The normalized spacial score (nSPS) is 19.4. The van der Waals surface area contributed by atoms with E-state index in [0.29, 0.717) is 6.54 Å². The Morgan fingerprint density at radius 2 is 2.19 bits per heavy atom. The van der Waals surface area contributed by atoms with Crippen LogP contribution in [0.2, 0.25) is 0 Å². The summed E-state index contributed by atoms with van der Waals surface area (Å²) >= 11 is 0. The van der Waals surface area contributed by atoms with Crippen molar-refractivity contribution in [3.05, 3.63) is 29.3 Å². The van der Waals surface area contributed by atoms with Gasteiger partial charge in [-0.05, 0) is 24.1 Å². The molecule has 0 spiro atoms. The van der Waals surface area contributed by atoms with Crippen molar-refractivity contribution >= 4 is 5.69 Å². The van der Waals surface area contributed by atoms with Crippen LogP contribution in [-0.4, -0.2) is 33.9 Å². The lowest BCUT2D eigenvalue weighted by Gasteiger charge is -2.27. The first-order valence-corrected chi connectivity index (χ1v) is 5.52. The minimum atomic E-state index is -0.541. The molecular weight excluding hydrogens is 204 g/mol. The van der Waals surface area contributed by atoms with Gasteiger partial charge in [0.25, 0.3) is 0 Å². The second-order valence-electron chi connectivity index (χ2n) is 4.38. The molecule has 0 saturated carbocycles. The van der Waals surface area contributed by atoms with Crippen LogP contribution in [0.15, 0.2) is 18.2 Å². The van der Waals surface area contributed by atoms with E-state index in [9.17, 15) is 10.2 Å². The summed E-state index contributed by atoms with van der Waals surface area (Å²) in [6, 6.07) is 5.65. The van der Waals surface area contributed by atoms with Crippen LogP contribution < -0.4 is 5.73 Å². The Labute approximate surface area is 95.3 Å². The molecule has 4 nitrogen and oxygen atoms in total. The number of anilines is 1. The molecule has 1 aromatic carbocycles. The van der Waals surface area contributed by atoms with Crippen LogP contribution in [0.1, 0.15) is 18.1 Å². The van der Waals surface area contributed by atoms with Gasteiger partial charge in [-0.3, -0.25) is 4.90 Å². The monoisotopic (exact) mass is 222 g/mol. The van der Waals surface area contributed by atoms with Crippen LogP contribution in [-0.2, 0) is 13.1 Å². The zero-order valence-electron chi connectivity index (χ0n) is 9.43. The molecule has 1 heterocycles. The van der Waals surface area contributed by atoms with Gasteiger partial charge in [-0.2, -0.15) is 0 Å². The Morgan fingerprint density at radius 1 is 1.44 bits per heavy atom. The third kappa shape index (κ3) is 1.91. The van der Waals surface area contributed by atoms with Gasteiger partial charge >= 0.3 is 0 Å². The predicted octanol–water partition coefficient (Wildman–Crippen LogP) is 0.326. The smallest absolute Gasteiger partial charge is 0.0689 e. The van der Waals surface area contributed by atoms with E-state index in [1.54, 1.807) is 6.92 Å². The van der Waals surface area contributed by atoms with Crippen LogP contribution in [0, 0.1) is 0 Å². The van der Waals surface area contributed by atoms with Crippen LogP contribution in [0.25, 0.3) is 0 Å². The maximum absolute atomic E-state index is 9.59. The first-order valence-electron chi connectivity index (χ1n) is 5.52. The first kappa shape index (κ1) is 11.4. The van der Waals surface area contributed by atoms with Gasteiger partial charge in [0.05, 0.1) is 18.8 Å². The molecule has 2 unspecified atom stereocenters. The summed E-state index contributed by atoms with van der Waals surface area (Å²) in [5.41, 5.74) is 9.01. The molecule has 16 heavy (non-hydrogen) atoms. The molecule has 1 aliphatic heterocycles. The molecule has 0 amide bonds. The molecule has 0 radical (unpaired) electrons. The van der Waals surface area contributed by atoms with Gasteiger partial charge < -0.3 is 15.9 Å². The van der Waals surface area contributed by atoms with Crippen LogP contribution >= 0.6 is 0 Å². The van der Waals surface area contributed by atoms with E-state index in [-0.39, 0.29) is 12.6 Å². The van der Waals surface area contributed by atoms with Gasteiger partial charge in [-0.25, -0.2) is 0 Å². The SMILES string of the molecule is CC(O)C(CO)N1Cc2cccc(N)c2C1. The van der Waals surface area contributed by atoms with Crippen molar-refractivity contribution in [1.82, 2.24) is 4.90 Å². The van der Waals surface area contributed by atoms with E-state index in [4.69, 9.17) is 5.73 Å². The summed E-state index contributed by atoms with van der Waals surface area (Å²) < 4.78 is 0. The van der Waals surface area contributed by atoms with E-state index in [1.807, 2.05) is 18.2 Å². The summed E-state index contributed by atoms with van der Waals surface area (Å²) in [6.07, 6.45) is -0.541. The number of benzene rings is 1. The molecular formula is C12H18N2O2. The van der Waals surface area contributed by atoms with E-state index < -0.39 is 6.10 Å². The van der Waals surface area contributed by atoms with Gasteiger partial charge in [-0.1, -0.05) is 12.1 Å². The lowest BCUT2D eigenvalue weighted by atomic mass is 10.1. The van der Waals surface area contributed by atoms with E-state index >= 15 is 0 Å². The highest BCUT2D eigenvalue weighted by Crippen LogP contribution is 2.29. The van der Waals surface area contributed by atoms with Crippen LogP contribution in [0.3, 0.4) is 0 Å². The molecule has 1 aromatic rings. The van der Waals surface area contributed by atoms with Crippen molar-refractivity contribution in [1.29, 1.82) is 0 Å². The minimum absolute atomic E-state index is 0.0362. The zero-order valence-corrected chi connectivity index (χ0v) is 9.43. The average Bonchev–Trinajstić information content (AvgIpc) is 2.63. The summed E-state index contributed by atoms with van der Waals surface area (Å²) in [5.74, 6) is 0. The fraction of sp³-hybridized carbons (Fsp3) is 0.500. The second kappa shape index (κ2) is 4.41. The third-order valence-corrected chi connectivity index (χ3v) is 3.26. The Morgan fingerprint density at radius 3 is 2.75 bits per heavy atom. The molecule has 0 aliphatic carbocycles. The molecule has 2 rings (SSSR count). The van der Waals surface area contributed by atoms with E-state index in [2.05, 4.69) is 4.90 Å². The number of rotatable bonds is 3. The molecule has 88 valence electrons. The van der Waals surface area contributed by atoms with Crippen molar-refractivity contribution in [3.63, 3.8) is 0 Å².